The fraction of sp³-hybridized carbons (Fsp3) is 0.316. The molecule has 0 saturated carbocycles. The van der Waals surface area contributed by atoms with Gasteiger partial charge in [-0.3, -0.25) is 14.6 Å². The molecule has 1 aromatic heterocycles. The third-order valence-corrected chi connectivity index (χ3v) is 4.22. The van der Waals surface area contributed by atoms with Gasteiger partial charge in [0.1, 0.15) is 5.75 Å². The molecule has 0 spiro atoms. The van der Waals surface area contributed by atoms with Gasteiger partial charge in [0.25, 0.3) is 0 Å². The van der Waals surface area contributed by atoms with Crippen LogP contribution in [0.5, 0.6) is 5.75 Å². The first kappa shape index (κ1) is 18.2. The minimum Gasteiger partial charge on any atom is -0.494 e. The summed E-state index contributed by atoms with van der Waals surface area (Å²) in [7, 11) is 0. The van der Waals surface area contributed by atoms with Crippen LogP contribution in [0.25, 0.3) is 0 Å². The van der Waals surface area contributed by atoms with E-state index in [-0.39, 0.29) is 16.7 Å². The molecule has 0 radical (unpaired) electrons. The molecular weight excluding hydrogens is 322 g/mol. The van der Waals surface area contributed by atoms with Crippen molar-refractivity contribution >= 4 is 22.7 Å². The monoisotopic (exact) mass is 343 g/mol. The molecule has 5 heteroatoms. The maximum absolute atomic E-state index is 11.9. The lowest BCUT2D eigenvalue weighted by Gasteiger charge is -2.07. The molecule has 0 fully saturated rings. The molecule has 0 atom stereocenters. The van der Waals surface area contributed by atoms with Crippen LogP contribution in [0, 0.1) is 0 Å². The molecule has 0 amide bonds. The number of aromatic nitrogens is 1. The van der Waals surface area contributed by atoms with E-state index < -0.39 is 0 Å². The molecule has 1 aromatic carbocycles. The average molecular weight is 343 g/mol. The minimum atomic E-state index is -0.0472. The molecule has 0 N–H and O–H groups in total. The van der Waals surface area contributed by atoms with Crippen LogP contribution < -0.4 is 4.74 Å². The van der Waals surface area contributed by atoms with Gasteiger partial charge in [0.15, 0.2) is 10.9 Å². The Kier molecular flexibility index (Phi) is 7.49. The maximum Gasteiger partial charge on any atom is 0.186 e. The van der Waals surface area contributed by atoms with Crippen molar-refractivity contribution in [2.45, 2.75) is 26.2 Å². The number of carbonyl (C=O) groups is 2. The molecule has 0 bridgehead atoms. The summed E-state index contributed by atoms with van der Waals surface area (Å²) in [6.07, 6.45) is 4.73. The average Bonchev–Trinajstić information content (AvgIpc) is 2.61. The Bertz CT molecular complexity index is 656. The first-order chi connectivity index (χ1) is 11.6. The number of ether oxygens (including phenoxy) is 1. The van der Waals surface area contributed by atoms with Crippen LogP contribution in [-0.4, -0.2) is 28.2 Å². The highest BCUT2D eigenvalue weighted by Crippen LogP contribution is 2.15. The van der Waals surface area contributed by atoms with Gasteiger partial charge in [-0.15, -0.1) is 0 Å². The van der Waals surface area contributed by atoms with E-state index in [1.54, 1.807) is 24.3 Å². The molecule has 0 aliphatic rings. The molecule has 126 valence electrons. The SMILES string of the molecule is CC(=O)SCC(=O)c1ccc(OCCCCc2ccccn2)cc1. The van der Waals surface area contributed by atoms with Gasteiger partial charge >= 0.3 is 0 Å². The second kappa shape index (κ2) is 9.88. The van der Waals surface area contributed by atoms with E-state index in [0.717, 1.165) is 42.5 Å². The number of nitrogens with zero attached hydrogens (tertiary/aromatic N) is 1. The van der Waals surface area contributed by atoms with Crippen molar-refractivity contribution in [3.8, 4) is 5.75 Å². The van der Waals surface area contributed by atoms with Gasteiger partial charge in [-0.2, -0.15) is 0 Å². The Morgan fingerprint density at radius 2 is 1.88 bits per heavy atom. The van der Waals surface area contributed by atoms with Crippen molar-refractivity contribution < 1.29 is 14.3 Å². The third kappa shape index (κ3) is 6.54. The maximum atomic E-state index is 11.9. The standard InChI is InChI=1S/C19H21NO3S/c1-15(21)24-14-19(22)16-8-10-18(11-9-16)23-13-5-3-7-17-6-2-4-12-20-17/h2,4,6,8-12H,3,5,7,13-14H2,1H3. The number of hydrogen-bond donors (Lipinski definition) is 0. The predicted octanol–water partition coefficient (Wildman–Crippen LogP) is 3.95. The van der Waals surface area contributed by atoms with Crippen molar-refractivity contribution in [2.24, 2.45) is 0 Å². The number of thioether (sulfide) groups is 1. The van der Waals surface area contributed by atoms with Gasteiger partial charge in [0.2, 0.25) is 0 Å². The zero-order valence-corrected chi connectivity index (χ0v) is 14.6. The molecule has 0 aliphatic carbocycles. The molecular formula is C19H21NO3S. The van der Waals surface area contributed by atoms with E-state index in [9.17, 15) is 9.59 Å². The highest BCUT2D eigenvalue weighted by atomic mass is 32.2. The largest absolute Gasteiger partial charge is 0.494 e. The summed E-state index contributed by atoms with van der Waals surface area (Å²) in [5.41, 5.74) is 1.70. The number of benzene rings is 1. The topological polar surface area (TPSA) is 56.3 Å². The Morgan fingerprint density at radius 3 is 2.54 bits per heavy atom. The Hall–Kier alpha value is -2.14. The summed E-state index contributed by atoms with van der Waals surface area (Å²) in [5.74, 6) is 0.893. The summed E-state index contributed by atoms with van der Waals surface area (Å²) >= 11 is 1.03. The van der Waals surface area contributed by atoms with Crippen LogP contribution in [0.4, 0.5) is 0 Å². The number of Topliss-reactive ketones (excluding diaryl/α,β-unsaturated/α-hetero) is 1. The fourth-order valence-electron chi connectivity index (χ4n) is 2.13. The van der Waals surface area contributed by atoms with Gasteiger partial charge in [-0.1, -0.05) is 17.8 Å². The van der Waals surface area contributed by atoms with Crippen molar-refractivity contribution in [2.75, 3.05) is 12.4 Å². The first-order valence-corrected chi connectivity index (χ1v) is 8.93. The Labute approximate surface area is 146 Å². The summed E-state index contributed by atoms with van der Waals surface area (Å²) in [4.78, 5) is 27.0. The smallest absolute Gasteiger partial charge is 0.186 e. The van der Waals surface area contributed by atoms with Crippen LogP contribution in [0.1, 0.15) is 35.8 Å². The molecule has 0 unspecified atom stereocenters. The van der Waals surface area contributed by atoms with E-state index in [4.69, 9.17) is 4.74 Å². The second-order valence-corrected chi connectivity index (χ2v) is 6.51. The number of carbonyl (C=O) groups excluding carboxylic acids is 2. The van der Waals surface area contributed by atoms with Crippen LogP contribution in [0.15, 0.2) is 48.7 Å². The third-order valence-electron chi connectivity index (χ3n) is 3.40. The molecule has 2 aromatic rings. The van der Waals surface area contributed by atoms with Crippen LogP contribution >= 0.6 is 11.8 Å². The lowest BCUT2D eigenvalue weighted by molar-refractivity contribution is -0.109. The summed E-state index contributed by atoms with van der Waals surface area (Å²) in [6, 6.07) is 13.0. The molecule has 4 nitrogen and oxygen atoms in total. The molecule has 0 aliphatic heterocycles. The van der Waals surface area contributed by atoms with Gasteiger partial charge < -0.3 is 4.74 Å². The molecule has 1 heterocycles. The number of pyridine rings is 1. The second-order valence-electron chi connectivity index (χ2n) is 5.35. The number of hydrogen-bond acceptors (Lipinski definition) is 5. The van der Waals surface area contributed by atoms with E-state index >= 15 is 0 Å². The van der Waals surface area contributed by atoms with Crippen LogP contribution in [-0.2, 0) is 11.2 Å². The van der Waals surface area contributed by atoms with Gasteiger partial charge in [-0.25, -0.2) is 0 Å². The summed E-state index contributed by atoms with van der Waals surface area (Å²) in [5, 5.41) is -0.0472. The Morgan fingerprint density at radius 1 is 1.08 bits per heavy atom. The van der Waals surface area contributed by atoms with E-state index in [0.29, 0.717) is 12.2 Å². The van der Waals surface area contributed by atoms with Gasteiger partial charge in [-0.05, 0) is 55.7 Å². The quantitative estimate of drug-likeness (QED) is 0.510. The molecule has 2 rings (SSSR count). The first-order valence-electron chi connectivity index (χ1n) is 7.94. The van der Waals surface area contributed by atoms with Gasteiger partial charge in [0, 0.05) is 24.4 Å². The van der Waals surface area contributed by atoms with Crippen LogP contribution in [0.3, 0.4) is 0 Å². The lowest BCUT2D eigenvalue weighted by Crippen LogP contribution is -2.04. The zero-order chi connectivity index (χ0) is 17.2. The summed E-state index contributed by atoms with van der Waals surface area (Å²) in [6.45, 7) is 2.10. The highest BCUT2D eigenvalue weighted by Gasteiger charge is 2.07. The van der Waals surface area contributed by atoms with Gasteiger partial charge in [0.05, 0.1) is 12.4 Å². The van der Waals surface area contributed by atoms with Crippen molar-refractivity contribution in [1.29, 1.82) is 0 Å². The molecule has 0 saturated heterocycles. The fourth-order valence-corrected chi connectivity index (χ4v) is 2.63. The summed E-state index contributed by atoms with van der Waals surface area (Å²) < 4.78 is 5.69. The number of unbranched alkanes of at least 4 members (excludes halogenated alkanes) is 1. The zero-order valence-electron chi connectivity index (χ0n) is 13.7. The highest BCUT2D eigenvalue weighted by molar-refractivity contribution is 8.14. The van der Waals surface area contributed by atoms with E-state index in [2.05, 4.69) is 4.98 Å². The van der Waals surface area contributed by atoms with E-state index in [1.807, 2.05) is 24.4 Å². The van der Waals surface area contributed by atoms with Crippen molar-refractivity contribution in [3.63, 3.8) is 0 Å². The van der Waals surface area contributed by atoms with Crippen molar-refractivity contribution in [1.82, 2.24) is 4.98 Å². The number of ketones is 1. The number of rotatable bonds is 9. The van der Waals surface area contributed by atoms with E-state index in [1.165, 1.54) is 6.92 Å². The molecule has 24 heavy (non-hydrogen) atoms. The lowest BCUT2D eigenvalue weighted by atomic mass is 10.1. The predicted molar refractivity (Wildman–Crippen MR) is 96.6 cm³/mol. The van der Waals surface area contributed by atoms with Crippen molar-refractivity contribution in [3.05, 3.63) is 59.9 Å². The Balaban J connectivity index is 1.68. The normalized spacial score (nSPS) is 10.4. The number of aryl methyl sites for hydroxylation is 1. The minimum absolute atomic E-state index is 0.0443. The van der Waals surface area contributed by atoms with Crippen LogP contribution in [0.2, 0.25) is 0 Å².